The van der Waals surface area contributed by atoms with Crippen LogP contribution in [-0.2, 0) is 4.74 Å². The number of nitrogens with zero attached hydrogens (tertiary/aromatic N) is 1. The topological polar surface area (TPSA) is 62.7 Å². The Labute approximate surface area is 156 Å². The van der Waals surface area contributed by atoms with Gasteiger partial charge in [0, 0.05) is 22.9 Å². The molecule has 1 atom stereocenters. The number of hydrogen-bond donors (Lipinski definition) is 2. The van der Waals surface area contributed by atoms with Gasteiger partial charge in [0.05, 0.1) is 12.6 Å². The first kappa shape index (κ1) is 18.4. The molecular weight excluding hydrogens is 357 g/mol. The molecule has 0 spiro atoms. The van der Waals surface area contributed by atoms with Gasteiger partial charge in [-0.1, -0.05) is 11.6 Å². The molecule has 1 heterocycles. The minimum atomic E-state index is -0.335. The van der Waals surface area contributed by atoms with Gasteiger partial charge in [0.25, 0.3) is 5.91 Å². The maximum Gasteiger partial charge on any atom is 0.257 e. The van der Waals surface area contributed by atoms with Crippen LogP contribution in [-0.4, -0.2) is 31.1 Å². The van der Waals surface area contributed by atoms with Crippen molar-refractivity contribution in [3.63, 3.8) is 0 Å². The molecule has 3 rings (SSSR count). The molecule has 0 aliphatic carbocycles. The number of carbonyl (C=O) groups is 1. The van der Waals surface area contributed by atoms with E-state index < -0.39 is 0 Å². The Hall–Kier alpha value is -2.44. The highest BCUT2D eigenvalue weighted by atomic mass is 35.5. The van der Waals surface area contributed by atoms with Crippen molar-refractivity contribution in [2.24, 2.45) is 4.99 Å². The minimum Gasteiger partial charge on any atom is -0.376 e. The van der Waals surface area contributed by atoms with Gasteiger partial charge in [0.2, 0.25) is 5.96 Å². The molecule has 136 valence electrons. The number of benzene rings is 2. The SMILES string of the molecule is O=C(NC(=NCC1CCCO1)Nc1ccc(F)cc1)c1ccc(Cl)cc1. The fraction of sp³-hybridized carbons (Fsp3) is 0.263. The maximum absolute atomic E-state index is 13.1. The molecular formula is C19H19ClFN3O2. The highest BCUT2D eigenvalue weighted by molar-refractivity contribution is 6.30. The summed E-state index contributed by atoms with van der Waals surface area (Å²) < 4.78 is 18.6. The number of anilines is 1. The number of amides is 1. The maximum atomic E-state index is 13.1. The van der Waals surface area contributed by atoms with Crippen LogP contribution in [0.1, 0.15) is 23.2 Å². The molecule has 0 radical (unpaired) electrons. The lowest BCUT2D eigenvalue weighted by atomic mass is 10.2. The molecule has 1 aliphatic rings. The van der Waals surface area contributed by atoms with Crippen LogP contribution in [0.5, 0.6) is 0 Å². The van der Waals surface area contributed by atoms with Crippen molar-refractivity contribution < 1.29 is 13.9 Å². The van der Waals surface area contributed by atoms with Gasteiger partial charge in [-0.05, 0) is 61.4 Å². The highest BCUT2D eigenvalue weighted by Crippen LogP contribution is 2.13. The van der Waals surface area contributed by atoms with E-state index in [4.69, 9.17) is 16.3 Å². The molecule has 1 aliphatic heterocycles. The van der Waals surface area contributed by atoms with Crippen LogP contribution in [0.4, 0.5) is 10.1 Å². The van der Waals surface area contributed by atoms with E-state index >= 15 is 0 Å². The zero-order valence-electron chi connectivity index (χ0n) is 14.0. The van der Waals surface area contributed by atoms with Crippen molar-refractivity contribution in [3.05, 3.63) is 64.9 Å². The average molecular weight is 376 g/mol. The zero-order chi connectivity index (χ0) is 18.4. The zero-order valence-corrected chi connectivity index (χ0v) is 14.8. The molecule has 2 N–H and O–H groups in total. The summed E-state index contributed by atoms with van der Waals surface area (Å²) in [6.07, 6.45) is 2.00. The Morgan fingerprint density at radius 3 is 2.58 bits per heavy atom. The lowest BCUT2D eigenvalue weighted by molar-refractivity contribution is 0.0975. The largest absolute Gasteiger partial charge is 0.376 e. The molecule has 2 aromatic rings. The van der Waals surface area contributed by atoms with Crippen LogP contribution in [0.2, 0.25) is 5.02 Å². The minimum absolute atomic E-state index is 0.0486. The summed E-state index contributed by atoms with van der Waals surface area (Å²) >= 11 is 5.85. The normalized spacial score (nSPS) is 17.2. The summed E-state index contributed by atoms with van der Waals surface area (Å²) in [6.45, 7) is 1.17. The molecule has 0 saturated carbocycles. The van der Waals surface area contributed by atoms with Crippen molar-refractivity contribution in [1.82, 2.24) is 5.32 Å². The molecule has 1 saturated heterocycles. The summed E-state index contributed by atoms with van der Waals surface area (Å²) in [5, 5.41) is 6.31. The van der Waals surface area contributed by atoms with E-state index in [-0.39, 0.29) is 23.8 Å². The van der Waals surface area contributed by atoms with E-state index in [1.807, 2.05) is 0 Å². The van der Waals surface area contributed by atoms with Crippen LogP contribution in [0.3, 0.4) is 0 Å². The van der Waals surface area contributed by atoms with Crippen LogP contribution < -0.4 is 10.6 Å². The smallest absolute Gasteiger partial charge is 0.257 e. The van der Waals surface area contributed by atoms with E-state index in [2.05, 4.69) is 15.6 Å². The van der Waals surface area contributed by atoms with Gasteiger partial charge >= 0.3 is 0 Å². The van der Waals surface area contributed by atoms with Gasteiger partial charge < -0.3 is 10.1 Å². The number of halogens is 2. The van der Waals surface area contributed by atoms with Gasteiger partial charge in [-0.25, -0.2) is 9.38 Å². The first-order valence-electron chi connectivity index (χ1n) is 8.36. The van der Waals surface area contributed by atoms with E-state index in [9.17, 15) is 9.18 Å². The number of carbonyl (C=O) groups excluding carboxylic acids is 1. The standard InChI is InChI=1S/C19H19ClFN3O2/c20-14-5-3-13(4-6-14)18(25)24-19(22-12-17-2-1-11-26-17)23-16-9-7-15(21)8-10-16/h3-10,17H,1-2,11-12H2,(H2,22,23,24,25). The van der Waals surface area contributed by atoms with Crippen LogP contribution in [0.15, 0.2) is 53.5 Å². The molecule has 5 nitrogen and oxygen atoms in total. The summed E-state index contributed by atoms with van der Waals surface area (Å²) in [7, 11) is 0. The van der Waals surface area contributed by atoms with Gasteiger partial charge in [-0.2, -0.15) is 0 Å². The molecule has 26 heavy (non-hydrogen) atoms. The molecule has 1 unspecified atom stereocenters. The number of nitrogens with one attached hydrogen (secondary N) is 2. The van der Waals surface area contributed by atoms with E-state index in [1.54, 1.807) is 36.4 Å². The van der Waals surface area contributed by atoms with Crippen LogP contribution >= 0.6 is 11.6 Å². The third-order valence-electron chi connectivity index (χ3n) is 3.92. The molecule has 0 bridgehead atoms. The van der Waals surface area contributed by atoms with Gasteiger partial charge in [0.15, 0.2) is 0 Å². The van der Waals surface area contributed by atoms with E-state index in [0.717, 1.165) is 19.4 Å². The van der Waals surface area contributed by atoms with Crippen molar-refractivity contribution >= 4 is 29.2 Å². The second kappa shape index (κ2) is 8.78. The Morgan fingerprint density at radius 2 is 1.92 bits per heavy atom. The Balaban J connectivity index is 1.72. The Kier molecular flexibility index (Phi) is 6.20. The predicted octanol–water partition coefficient (Wildman–Crippen LogP) is 3.86. The first-order valence-corrected chi connectivity index (χ1v) is 8.73. The first-order chi connectivity index (χ1) is 12.6. The summed E-state index contributed by atoms with van der Waals surface area (Å²) in [5.41, 5.74) is 1.08. The van der Waals surface area contributed by atoms with Gasteiger partial charge in [0.1, 0.15) is 5.82 Å². The fourth-order valence-electron chi connectivity index (χ4n) is 2.54. The number of rotatable bonds is 4. The van der Waals surface area contributed by atoms with Crippen LogP contribution in [0.25, 0.3) is 0 Å². The average Bonchev–Trinajstić information content (AvgIpc) is 3.15. The van der Waals surface area contributed by atoms with Crippen molar-refractivity contribution in [2.45, 2.75) is 18.9 Å². The lowest BCUT2D eigenvalue weighted by Crippen LogP contribution is -2.36. The second-order valence-corrected chi connectivity index (χ2v) is 6.35. The molecule has 7 heteroatoms. The molecule has 2 aromatic carbocycles. The number of hydrogen-bond acceptors (Lipinski definition) is 3. The second-order valence-electron chi connectivity index (χ2n) is 5.92. The third kappa shape index (κ3) is 5.28. The fourth-order valence-corrected chi connectivity index (χ4v) is 2.67. The van der Waals surface area contributed by atoms with Crippen molar-refractivity contribution in [3.8, 4) is 0 Å². The summed E-state index contributed by atoms with van der Waals surface area (Å²) in [6, 6.07) is 12.4. The number of aliphatic imine (C=N–C) groups is 1. The molecule has 0 aromatic heterocycles. The monoisotopic (exact) mass is 375 g/mol. The van der Waals surface area contributed by atoms with Crippen LogP contribution in [0, 0.1) is 5.82 Å². The molecule has 1 fully saturated rings. The highest BCUT2D eigenvalue weighted by Gasteiger charge is 2.16. The summed E-state index contributed by atoms with van der Waals surface area (Å²) in [5.74, 6) is -0.368. The van der Waals surface area contributed by atoms with Gasteiger partial charge in [-0.3, -0.25) is 10.1 Å². The predicted molar refractivity (Wildman–Crippen MR) is 100 cm³/mol. The molecule has 1 amide bonds. The Bertz CT molecular complexity index is 772. The Morgan fingerprint density at radius 1 is 1.19 bits per heavy atom. The van der Waals surface area contributed by atoms with E-state index in [1.165, 1.54) is 12.1 Å². The number of ether oxygens (including phenoxy) is 1. The van der Waals surface area contributed by atoms with Crippen molar-refractivity contribution in [2.75, 3.05) is 18.5 Å². The number of guanidine groups is 1. The quantitative estimate of drug-likeness (QED) is 0.630. The van der Waals surface area contributed by atoms with Gasteiger partial charge in [-0.15, -0.1) is 0 Å². The third-order valence-corrected chi connectivity index (χ3v) is 4.17. The lowest BCUT2D eigenvalue weighted by Gasteiger charge is -2.13. The van der Waals surface area contributed by atoms with Crippen molar-refractivity contribution in [1.29, 1.82) is 0 Å². The van der Waals surface area contributed by atoms with E-state index in [0.29, 0.717) is 22.8 Å². The summed E-state index contributed by atoms with van der Waals surface area (Å²) in [4.78, 5) is 16.9.